The highest BCUT2D eigenvalue weighted by Gasteiger charge is 2.30. The predicted octanol–water partition coefficient (Wildman–Crippen LogP) is 3.75. The van der Waals surface area contributed by atoms with Crippen molar-refractivity contribution in [3.05, 3.63) is 29.0 Å². The molecule has 1 aromatic rings. The molecule has 0 spiro atoms. The van der Waals surface area contributed by atoms with Gasteiger partial charge in [-0.1, -0.05) is 38.3 Å². The fourth-order valence-corrected chi connectivity index (χ4v) is 3.32. The molecule has 23 heavy (non-hydrogen) atoms. The molecule has 1 saturated carbocycles. The molecule has 2 N–H and O–H groups in total. The number of hydrogen-bond donors (Lipinski definition) is 2. The summed E-state index contributed by atoms with van der Waals surface area (Å²) in [6.45, 7) is 4.24. The van der Waals surface area contributed by atoms with Crippen molar-refractivity contribution >= 4 is 29.1 Å². The van der Waals surface area contributed by atoms with Gasteiger partial charge in [-0.05, 0) is 42.9 Å². The average Bonchev–Trinajstić information content (AvgIpc) is 2.51. The quantitative estimate of drug-likeness (QED) is 0.823. The topological polar surface area (TPSA) is 58.2 Å². The Morgan fingerprint density at radius 1 is 1.22 bits per heavy atom. The van der Waals surface area contributed by atoms with E-state index in [-0.39, 0.29) is 16.8 Å². The van der Waals surface area contributed by atoms with Crippen LogP contribution in [-0.4, -0.2) is 17.9 Å². The van der Waals surface area contributed by atoms with Crippen LogP contribution in [0.3, 0.4) is 0 Å². The molecule has 1 aliphatic rings. The second kappa shape index (κ2) is 7.77. The highest BCUT2D eigenvalue weighted by molar-refractivity contribution is 6.40. The zero-order valence-corrected chi connectivity index (χ0v) is 14.1. The summed E-state index contributed by atoms with van der Waals surface area (Å²) in [6, 6.07) is 3.79. The van der Waals surface area contributed by atoms with E-state index in [2.05, 4.69) is 24.5 Å². The number of hydrogen-bond acceptors (Lipinski definition) is 2. The van der Waals surface area contributed by atoms with Crippen LogP contribution in [0.5, 0.6) is 0 Å². The van der Waals surface area contributed by atoms with Crippen LogP contribution in [0.15, 0.2) is 18.2 Å². The first kappa shape index (κ1) is 17.7. The van der Waals surface area contributed by atoms with Crippen molar-refractivity contribution in [3.8, 4) is 0 Å². The Balaban J connectivity index is 1.99. The highest BCUT2D eigenvalue weighted by Crippen LogP contribution is 2.30. The van der Waals surface area contributed by atoms with E-state index in [1.54, 1.807) is 0 Å². The van der Waals surface area contributed by atoms with Crippen LogP contribution < -0.4 is 10.6 Å². The zero-order valence-electron chi connectivity index (χ0n) is 13.4. The van der Waals surface area contributed by atoms with E-state index >= 15 is 0 Å². The molecule has 0 radical (unpaired) electrons. The second-order valence-corrected chi connectivity index (χ2v) is 6.79. The van der Waals surface area contributed by atoms with E-state index in [0.717, 1.165) is 31.7 Å². The van der Waals surface area contributed by atoms with Crippen molar-refractivity contribution < 1.29 is 14.0 Å². The van der Waals surface area contributed by atoms with Crippen molar-refractivity contribution in [3.63, 3.8) is 0 Å². The molecule has 2 rings (SSSR count). The summed E-state index contributed by atoms with van der Waals surface area (Å²) >= 11 is 5.77. The monoisotopic (exact) mass is 340 g/mol. The number of amides is 2. The molecule has 6 heteroatoms. The van der Waals surface area contributed by atoms with Crippen LogP contribution in [0.25, 0.3) is 0 Å². The largest absolute Gasteiger partial charge is 0.345 e. The number of benzene rings is 1. The van der Waals surface area contributed by atoms with Crippen LogP contribution in [0, 0.1) is 17.7 Å². The van der Waals surface area contributed by atoms with E-state index in [0.29, 0.717) is 11.8 Å². The molecule has 4 nitrogen and oxygen atoms in total. The molecular weight excluding hydrogens is 319 g/mol. The van der Waals surface area contributed by atoms with Gasteiger partial charge in [0.15, 0.2) is 0 Å². The fraction of sp³-hybridized carbons (Fsp3) is 0.529. The number of anilines is 1. The van der Waals surface area contributed by atoms with E-state index in [1.165, 1.54) is 12.1 Å². The molecule has 1 fully saturated rings. The Bertz CT molecular complexity index is 592. The number of halogens is 2. The molecule has 1 aliphatic carbocycles. The lowest BCUT2D eigenvalue weighted by molar-refractivity contribution is -0.137. The fourth-order valence-electron chi connectivity index (χ4n) is 3.14. The molecule has 0 heterocycles. The summed E-state index contributed by atoms with van der Waals surface area (Å²) in [6.07, 6.45) is 4.11. The van der Waals surface area contributed by atoms with Crippen molar-refractivity contribution in [1.29, 1.82) is 0 Å². The second-order valence-electron chi connectivity index (χ2n) is 6.35. The first-order chi connectivity index (χ1) is 10.9. The van der Waals surface area contributed by atoms with E-state index in [1.807, 2.05) is 0 Å². The molecule has 0 saturated heterocycles. The van der Waals surface area contributed by atoms with E-state index in [4.69, 9.17) is 11.6 Å². The van der Waals surface area contributed by atoms with Crippen LogP contribution >= 0.6 is 11.6 Å². The molecular formula is C17H22ClFN2O2. The van der Waals surface area contributed by atoms with Gasteiger partial charge in [0.1, 0.15) is 5.82 Å². The SMILES string of the molecule is CC(C)C1CCCCC1NC(=O)C(=O)Nc1cc(Cl)ccc1F. The Labute approximate surface area is 140 Å². The molecule has 126 valence electrons. The maximum absolute atomic E-state index is 13.6. The van der Waals surface area contributed by atoms with Crippen LogP contribution in [0.4, 0.5) is 10.1 Å². The number of carbonyl (C=O) groups excluding carboxylic acids is 2. The van der Waals surface area contributed by atoms with Crippen LogP contribution in [0.2, 0.25) is 5.02 Å². The van der Waals surface area contributed by atoms with E-state index < -0.39 is 17.6 Å². The number of nitrogens with one attached hydrogen (secondary N) is 2. The minimum Gasteiger partial charge on any atom is -0.345 e. The van der Waals surface area contributed by atoms with Gasteiger partial charge in [0.2, 0.25) is 0 Å². The van der Waals surface area contributed by atoms with Gasteiger partial charge in [-0.3, -0.25) is 9.59 Å². The molecule has 0 aliphatic heterocycles. The summed E-state index contributed by atoms with van der Waals surface area (Å²) in [5.41, 5.74) is -0.0956. The maximum Gasteiger partial charge on any atom is 0.313 e. The minimum atomic E-state index is -0.876. The number of rotatable bonds is 3. The predicted molar refractivity (Wildman–Crippen MR) is 88.8 cm³/mol. The lowest BCUT2D eigenvalue weighted by Crippen LogP contribution is -2.47. The van der Waals surface area contributed by atoms with Gasteiger partial charge in [-0.15, -0.1) is 0 Å². The normalized spacial score (nSPS) is 21.1. The van der Waals surface area contributed by atoms with Crippen LogP contribution in [0.1, 0.15) is 39.5 Å². The Morgan fingerprint density at radius 2 is 1.91 bits per heavy atom. The molecule has 0 bridgehead atoms. The molecule has 2 unspecified atom stereocenters. The van der Waals surface area contributed by atoms with Crippen LogP contribution in [-0.2, 0) is 9.59 Å². The summed E-state index contributed by atoms with van der Waals surface area (Å²) < 4.78 is 13.6. The van der Waals surface area contributed by atoms with Gasteiger partial charge in [0.25, 0.3) is 0 Å². The molecule has 1 aromatic carbocycles. The summed E-state index contributed by atoms with van der Waals surface area (Å²) in [5, 5.41) is 5.36. The summed E-state index contributed by atoms with van der Waals surface area (Å²) in [5.74, 6) is -1.44. The van der Waals surface area contributed by atoms with Crippen molar-refractivity contribution in [2.24, 2.45) is 11.8 Å². The smallest absolute Gasteiger partial charge is 0.313 e. The van der Waals surface area contributed by atoms with Gasteiger partial charge < -0.3 is 10.6 Å². The first-order valence-corrected chi connectivity index (χ1v) is 8.33. The maximum atomic E-state index is 13.6. The average molecular weight is 341 g/mol. The lowest BCUT2D eigenvalue weighted by Gasteiger charge is -2.34. The standard InChI is InChI=1S/C17H22ClFN2O2/c1-10(2)12-5-3-4-6-14(12)20-16(22)17(23)21-15-9-11(18)7-8-13(15)19/h7-10,12,14H,3-6H2,1-2H3,(H,20,22)(H,21,23). The number of carbonyl (C=O) groups is 2. The molecule has 2 atom stereocenters. The van der Waals surface area contributed by atoms with E-state index in [9.17, 15) is 14.0 Å². The van der Waals surface area contributed by atoms with Gasteiger partial charge in [-0.25, -0.2) is 4.39 Å². The third kappa shape index (κ3) is 4.67. The van der Waals surface area contributed by atoms with Gasteiger partial charge in [0.05, 0.1) is 5.69 Å². The van der Waals surface area contributed by atoms with Gasteiger partial charge >= 0.3 is 11.8 Å². The highest BCUT2D eigenvalue weighted by atomic mass is 35.5. The lowest BCUT2D eigenvalue weighted by atomic mass is 9.78. The summed E-state index contributed by atoms with van der Waals surface area (Å²) in [7, 11) is 0. The summed E-state index contributed by atoms with van der Waals surface area (Å²) in [4.78, 5) is 24.1. The third-order valence-corrected chi connectivity index (χ3v) is 4.61. The van der Waals surface area contributed by atoms with Crippen molar-refractivity contribution in [2.45, 2.75) is 45.6 Å². The Morgan fingerprint density at radius 3 is 2.61 bits per heavy atom. The zero-order chi connectivity index (χ0) is 17.0. The van der Waals surface area contributed by atoms with Crippen molar-refractivity contribution in [2.75, 3.05) is 5.32 Å². The first-order valence-electron chi connectivity index (χ1n) is 7.95. The van der Waals surface area contributed by atoms with Gasteiger partial charge in [-0.2, -0.15) is 0 Å². The Hall–Kier alpha value is -1.62. The minimum absolute atomic E-state index is 0.00814. The molecule has 0 aromatic heterocycles. The third-order valence-electron chi connectivity index (χ3n) is 4.38. The Kier molecular flexibility index (Phi) is 5.99. The van der Waals surface area contributed by atoms with Crippen molar-refractivity contribution in [1.82, 2.24) is 5.32 Å². The molecule has 2 amide bonds. The van der Waals surface area contributed by atoms with Gasteiger partial charge in [0, 0.05) is 11.1 Å².